The van der Waals surface area contributed by atoms with Crippen molar-refractivity contribution in [2.24, 2.45) is 0 Å². The van der Waals surface area contributed by atoms with Crippen LogP contribution in [0.3, 0.4) is 0 Å². The minimum atomic E-state index is 0.728. The Kier molecular flexibility index (Phi) is 3.02. The van der Waals surface area contributed by atoms with E-state index in [-0.39, 0.29) is 0 Å². The lowest BCUT2D eigenvalue weighted by atomic mass is 10.2. The van der Waals surface area contributed by atoms with E-state index in [4.69, 9.17) is 4.74 Å². The molecule has 0 aliphatic carbocycles. The third kappa shape index (κ3) is 2.65. The summed E-state index contributed by atoms with van der Waals surface area (Å²) in [4.78, 5) is 0. The molecular weight excluding hydrogens is 236 g/mol. The Balaban J connectivity index is 1.82. The second kappa shape index (κ2) is 4.98. The quantitative estimate of drug-likeness (QED) is 0.703. The molecule has 0 saturated carbocycles. The molecule has 1 aromatic heterocycles. The Morgan fingerprint density at radius 1 is 0.895 bits per heavy atom. The number of aromatic nitrogens is 2. The molecule has 94 valence electrons. The van der Waals surface area contributed by atoms with Crippen molar-refractivity contribution >= 4 is 0 Å². The summed E-state index contributed by atoms with van der Waals surface area (Å²) in [5.41, 5.74) is 2.25. The van der Waals surface area contributed by atoms with E-state index in [9.17, 15) is 0 Å². The fourth-order valence-electron chi connectivity index (χ4n) is 1.82. The molecular formula is C16H14N2O. The molecule has 0 fully saturated rings. The lowest BCUT2D eigenvalue weighted by Crippen LogP contribution is -1.93. The molecule has 19 heavy (non-hydrogen) atoms. The van der Waals surface area contributed by atoms with Crippen molar-refractivity contribution in [3.63, 3.8) is 0 Å². The van der Waals surface area contributed by atoms with Gasteiger partial charge in [0.2, 0.25) is 0 Å². The van der Waals surface area contributed by atoms with E-state index >= 15 is 0 Å². The normalized spacial score (nSPS) is 10.4. The van der Waals surface area contributed by atoms with Crippen molar-refractivity contribution in [1.29, 1.82) is 0 Å². The summed E-state index contributed by atoms with van der Waals surface area (Å²) in [6.07, 6.45) is 3.59. The molecule has 0 saturated heterocycles. The van der Waals surface area contributed by atoms with Crippen LogP contribution in [-0.4, -0.2) is 9.78 Å². The first-order valence-electron chi connectivity index (χ1n) is 6.16. The van der Waals surface area contributed by atoms with Crippen LogP contribution >= 0.6 is 0 Å². The maximum Gasteiger partial charge on any atom is 0.165 e. The molecule has 0 spiro atoms. The first-order chi connectivity index (χ1) is 9.31. The highest BCUT2D eigenvalue weighted by molar-refractivity contribution is 5.36. The molecule has 1 heterocycles. The minimum absolute atomic E-state index is 0.728. The number of hydrogen-bond donors (Lipinski definition) is 0. The highest BCUT2D eigenvalue weighted by Crippen LogP contribution is 2.21. The van der Waals surface area contributed by atoms with Gasteiger partial charge in [0.25, 0.3) is 0 Å². The average Bonchev–Trinajstić information content (AvgIpc) is 2.89. The number of para-hydroxylation sites is 1. The van der Waals surface area contributed by atoms with E-state index in [1.165, 1.54) is 5.56 Å². The van der Waals surface area contributed by atoms with Crippen LogP contribution in [0.1, 0.15) is 5.56 Å². The number of aryl methyl sites for hydroxylation is 1. The molecule has 0 unspecified atom stereocenters. The van der Waals surface area contributed by atoms with E-state index in [1.54, 1.807) is 10.9 Å². The molecule has 2 aromatic carbocycles. The van der Waals surface area contributed by atoms with E-state index in [0.717, 1.165) is 17.2 Å². The smallest absolute Gasteiger partial charge is 0.165 e. The SMILES string of the molecule is Cc1ccc(-n2cc(Oc3ccccc3)cn2)cc1. The second-order valence-electron chi connectivity index (χ2n) is 4.37. The van der Waals surface area contributed by atoms with Crippen LogP contribution in [0.4, 0.5) is 0 Å². The first-order valence-corrected chi connectivity index (χ1v) is 6.16. The minimum Gasteiger partial charge on any atom is -0.454 e. The fraction of sp³-hybridized carbons (Fsp3) is 0.0625. The summed E-state index contributed by atoms with van der Waals surface area (Å²) in [5.74, 6) is 1.54. The van der Waals surface area contributed by atoms with E-state index < -0.39 is 0 Å². The summed E-state index contributed by atoms with van der Waals surface area (Å²) >= 11 is 0. The van der Waals surface area contributed by atoms with E-state index in [2.05, 4.69) is 24.2 Å². The maximum atomic E-state index is 5.72. The number of benzene rings is 2. The van der Waals surface area contributed by atoms with Gasteiger partial charge >= 0.3 is 0 Å². The Morgan fingerprint density at radius 2 is 1.63 bits per heavy atom. The molecule has 0 aliphatic heterocycles. The molecule has 0 bridgehead atoms. The highest BCUT2D eigenvalue weighted by Gasteiger charge is 2.02. The van der Waals surface area contributed by atoms with Crippen molar-refractivity contribution in [3.8, 4) is 17.2 Å². The predicted octanol–water partition coefficient (Wildman–Crippen LogP) is 3.97. The van der Waals surface area contributed by atoms with Crippen LogP contribution in [0.2, 0.25) is 0 Å². The topological polar surface area (TPSA) is 27.1 Å². The van der Waals surface area contributed by atoms with Crippen molar-refractivity contribution in [1.82, 2.24) is 9.78 Å². The largest absolute Gasteiger partial charge is 0.454 e. The predicted molar refractivity (Wildman–Crippen MR) is 74.8 cm³/mol. The molecule has 0 aliphatic rings. The number of hydrogen-bond acceptors (Lipinski definition) is 2. The zero-order chi connectivity index (χ0) is 13.1. The Bertz CT molecular complexity index is 657. The molecule has 0 radical (unpaired) electrons. The number of nitrogens with zero attached hydrogens (tertiary/aromatic N) is 2. The zero-order valence-corrected chi connectivity index (χ0v) is 10.7. The molecule has 3 rings (SSSR count). The van der Waals surface area contributed by atoms with Crippen molar-refractivity contribution in [2.45, 2.75) is 6.92 Å². The molecule has 3 nitrogen and oxygen atoms in total. The van der Waals surface area contributed by atoms with Crippen LogP contribution in [0.25, 0.3) is 5.69 Å². The number of rotatable bonds is 3. The second-order valence-corrected chi connectivity index (χ2v) is 4.37. The molecule has 0 atom stereocenters. The van der Waals surface area contributed by atoms with Crippen molar-refractivity contribution in [3.05, 3.63) is 72.6 Å². The van der Waals surface area contributed by atoms with E-state index in [1.807, 2.05) is 48.7 Å². The Labute approximate surface area is 112 Å². The van der Waals surface area contributed by atoms with Gasteiger partial charge in [0.05, 0.1) is 18.1 Å². The van der Waals surface area contributed by atoms with Gasteiger partial charge in [-0.2, -0.15) is 5.10 Å². The standard InChI is InChI=1S/C16H14N2O/c1-13-7-9-14(10-8-13)18-12-16(11-17-18)19-15-5-3-2-4-6-15/h2-12H,1H3. The fourth-order valence-corrected chi connectivity index (χ4v) is 1.82. The first kappa shape index (κ1) is 11.5. The summed E-state index contributed by atoms with van der Waals surface area (Å²) in [6.45, 7) is 2.07. The third-order valence-electron chi connectivity index (χ3n) is 2.84. The molecule has 3 aromatic rings. The summed E-state index contributed by atoms with van der Waals surface area (Å²) in [5, 5.41) is 4.30. The maximum absolute atomic E-state index is 5.72. The highest BCUT2D eigenvalue weighted by atomic mass is 16.5. The molecule has 3 heteroatoms. The van der Waals surface area contributed by atoms with Gasteiger partial charge < -0.3 is 4.74 Å². The summed E-state index contributed by atoms with van der Waals surface area (Å²) in [7, 11) is 0. The third-order valence-corrected chi connectivity index (χ3v) is 2.84. The lowest BCUT2D eigenvalue weighted by Gasteiger charge is -2.02. The van der Waals surface area contributed by atoms with Gasteiger partial charge in [-0.25, -0.2) is 4.68 Å². The van der Waals surface area contributed by atoms with Crippen molar-refractivity contribution < 1.29 is 4.74 Å². The van der Waals surface area contributed by atoms with Gasteiger partial charge in [0.1, 0.15) is 5.75 Å². The van der Waals surface area contributed by atoms with Crippen LogP contribution < -0.4 is 4.74 Å². The molecule has 0 amide bonds. The van der Waals surface area contributed by atoms with E-state index in [0.29, 0.717) is 0 Å². The number of ether oxygens (including phenoxy) is 1. The van der Waals surface area contributed by atoms with Gasteiger partial charge in [-0.15, -0.1) is 0 Å². The van der Waals surface area contributed by atoms with Crippen molar-refractivity contribution in [2.75, 3.05) is 0 Å². The monoisotopic (exact) mass is 250 g/mol. The Hall–Kier alpha value is -2.55. The molecule has 0 N–H and O–H groups in total. The average molecular weight is 250 g/mol. The van der Waals surface area contributed by atoms with Gasteiger partial charge in [-0.3, -0.25) is 0 Å². The van der Waals surface area contributed by atoms with Gasteiger partial charge in [0.15, 0.2) is 5.75 Å². The van der Waals surface area contributed by atoms with Gasteiger partial charge in [-0.05, 0) is 31.2 Å². The Morgan fingerprint density at radius 3 is 2.37 bits per heavy atom. The summed E-state index contributed by atoms with van der Waals surface area (Å²) in [6, 6.07) is 17.9. The van der Waals surface area contributed by atoms with Gasteiger partial charge in [-0.1, -0.05) is 35.9 Å². The van der Waals surface area contributed by atoms with Crippen LogP contribution in [-0.2, 0) is 0 Å². The van der Waals surface area contributed by atoms with Gasteiger partial charge in [0, 0.05) is 0 Å². The van der Waals surface area contributed by atoms with Crippen LogP contribution in [0.15, 0.2) is 67.0 Å². The zero-order valence-electron chi connectivity index (χ0n) is 10.7. The van der Waals surface area contributed by atoms with Crippen LogP contribution in [0, 0.1) is 6.92 Å². The van der Waals surface area contributed by atoms with Crippen LogP contribution in [0.5, 0.6) is 11.5 Å². The lowest BCUT2D eigenvalue weighted by molar-refractivity contribution is 0.482. The summed E-state index contributed by atoms with van der Waals surface area (Å²) < 4.78 is 7.52.